The molecule has 2 aromatic rings. The zero-order chi connectivity index (χ0) is 14.5. The molecule has 0 aliphatic carbocycles. The molecule has 1 aromatic heterocycles. The lowest BCUT2D eigenvalue weighted by molar-refractivity contribution is 0.102. The molecule has 0 aliphatic heterocycles. The van der Waals surface area contributed by atoms with Crippen molar-refractivity contribution in [2.45, 2.75) is 26.2 Å². The van der Waals surface area contributed by atoms with E-state index in [0.29, 0.717) is 17.3 Å². The fraction of sp³-hybridized carbons (Fsp3) is 0.250. The van der Waals surface area contributed by atoms with Crippen molar-refractivity contribution in [3.05, 3.63) is 58.2 Å². The molecule has 104 valence electrons. The Bertz CT molecular complexity index is 578. The first kappa shape index (κ1) is 14.7. The number of anilines is 1. The van der Waals surface area contributed by atoms with Gasteiger partial charge in [0.25, 0.3) is 5.91 Å². The summed E-state index contributed by atoms with van der Waals surface area (Å²) in [5, 5.41) is 2.78. The van der Waals surface area contributed by atoms with Gasteiger partial charge in [-0.05, 0) is 58.1 Å². The van der Waals surface area contributed by atoms with E-state index in [1.165, 1.54) is 5.56 Å². The summed E-state index contributed by atoms with van der Waals surface area (Å²) in [5.74, 6) is 0.917. The fourth-order valence-electron chi connectivity index (χ4n) is 1.84. The van der Waals surface area contributed by atoms with Crippen LogP contribution in [-0.4, -0.2) is 10.9 Å². The summed E-state index contributed by atoms with van der Waals surface area (Å²) in [6, 6.07) is 11.3. The number of aromatic nitrogens is 1. The molecular weight excluding hydrogens is 316 g/mol. The molecule has 3 nitrogen and oxygen atoms in total. The highest BCUT2D eigenvalue weighted by molar-refractivity contribution is 9.10. The Labute approximate surface area is 127 Å². The molecule has 1 unspecified atom stereocenters. The van der Waals surface area contributed by atoms with Crippen LogP contribution in [0.25, 0.3) is 0 Å². The van der Waals surface area contributed by atoms with Gasteiger partial charge in [0.05, 0.1) is 0 Å². The largest absolute Gasteiger partial charge is 0.307 e. The first-order valence-corrected chi connectivity index (χ1v) is 7.42. The van der Waals surface area contributed by atoms with E-state index in [4.69, 9.17) is 0 Å². The molecule has 2 rings (SSSR count). The zero-order valence-corrected chi connectivity index (χ0v) is 13.1. The number of carbonyl (C=O) groups is 1. The number of pyridine rings is 1. The Kier molecular flexibility index (Phi) is 4.90. The number of amides is 1. The molecule has 1 atom stereocenters. The molecule has 0 radical (unpaired) electrons. The number of hydrogen-bond donors (Lipinski definition) is 1. The number of hydrogen-bond acceptors (Lipinski definition) is 2. The quantitative estimate of drug-likeness (QED) is 0.888. The standard InChI is InChI=1S/C16H17BrN2O/c1-3-11(2)12-4-6-13(7-5-12)16(20)19-15-9-8-14(17)10-18-15/h4-11H,3H2,1-2H3,(H,18,19,20). The predicted molar refractivity (Wildman–Crippen MR) is 85.0 cm³/mol. The molecule has 20 heavy (non-hydrogen) atoms. The Hall–Kier alpha value is -1.68. The van der Waals surface area contributed by atoms with Crippen molar-refractivity contribution in [1.29, 1.82) is 0 Å². The first-order valence-electron chi connectivity index (χ1n) is 6.63. The average Bonchev–Trinajstić information content (AvgIpc) is 2.49. The molecule has 0 bridgehead atoms. The lowest BCUT2D eigenvalue weighted by atomic mass is 9.97. The van der Waals surface area contributed by atoms with E-state index in [9.17, 15) is 4.79 Å². The fourth-order valence-corrected chi connectivity index (χ4v) is 2.07. The van der Waals surface area contributed by atoms with Crippen LogP contribution in [0.15, 0.2) is 47.1 Å². The predicted octanol–water partition coefficient (Wildman–Crippen LogP) is 4.61. The number of nitrogens with zero attached hydrogens (tertiary/aromatic N) is 1. The van der Waals surface area contributed by atoms with Gasteiger partial charge < -0.3 is 5.32 Å². The molecule has 1 amide bonds. The van der Waals surface area contributed by atoms with Crippen molar-refractivity contribution in [3.63, 3.8) is 0 Å². The van der Waals surface area contributed by atoms with Gasteiger partial charge in [-0.2, -0.15) is 0 Å². The molecule has 0 spiro atoms. The number of benzene rings is 1. The number of halogens is 1. The van der Waals surface area contributed by atoms with Gasteiger partial charge in [-0.3, -0.25) is 4.79 Å². The van der Waals surface area contributed by atoms with Crippen LogP contribution in [0.5, 0.6) is 0 Å². The third-order valence-corrected chi connectivity index (χ3v) is 3.79. The highest BCUT2D eigenvalue weighted by Gasteiger charge is 2.08. The van der Waals surface area contributed by atoms with Gasteiger partial charge in [0.15, 0.2) is 0 Å². The normalized spacial score (nSPS) is 11.9. The van der Waals surface area contributed by atoms with E-state index in [1.807, 2.05) is 30.3 Å². The van der Waals surface area contributed by atoms with Crippen LogP contribution in [-0.2, 0) is 0 Å². The summed E-state index contributed by atoms with van der Waals surface area (Å²) in [6.45, 7) is 4.34. The van der Waals surface area contributed by atoms with Gasteiger partial charge in [-0.1, -0.05) is 26.0 Å². The van der Waals surface area contributed by atoms with E-state index in [1.54, 1.807) is 12.3 Å². The number of rotatable bonds is 4. The minimum absolute atomic E-state index is 0.143. The van der Waals surface area contributed by atoms with E-state index in [-0.39, 0.29) is 5.91 Å². The summed E-state index contributed by atoms with van der Waals surface area (Å²) in [7, 11) is 0. The maximum Gasteiger partial charge on any atom is 0.256 e. The Balaban J connectivity index is 2.07. The molecule has 0 saturated carbocycles. The average molecular weight is 333 g/mol. The van der Waals surface area contributed by atoms with Gasteiger partial charge in [0, 0.05) is 16.2 Å². The smallest absolute Gasteiger partial charge is 0.256 e. The van der Waals surface area contributed by atoms with Crippen LogP contribution in [0, 0.1) is 0 Å². The lowest BCUT2D eigenvalue weighted by Gasteiger charge is -2.10. The van der Waals surface area contributed by atoms with Crippen molar-refractivity contribution in [2.75, 3.05) is 5.32 Å². The molecule has 1 N–H and O–H groups in total. The molecule has 1 aromatic carbocycles. The van der Waals surface area contributed by atoms with Gasteiger partial charge in [0.2, 0.25) is 0 Å². The minimum atomic E-state index is -0.143. The van der Waals surface area contributed by atoms with Gasteiger partial charge in [0.1, 0.15) is 5.82 Å². The van der Waals surface area contributed by atoms with Crippen LogP contribution >= 0.6 is 15.9 Å². The Morgan fingerprint density at radius 1 is 1.25 bits per heavy atom. The van der Waals surface area contributed by atoms with Crippen molar-refractivity contribution in [1.82, 2.24) is 4.98 Å². The Morgan fingerprint density at radius 3 is 2.50 bits per heavy atom. The number of carbonyl (C=O) groups excluding carboxylic acids is 1. The second kappa shape index (κ2) is 6.66. The summed E-state index contributed by atoms with van der Waals surface area (Å²) < 4.78 is 0.883. The zero-order valence-electron chi connectivity index (χ0n) is 11.6. The summed E-state index contributed by atoms with van der Waals surface area (Å²) >= 11 is 3.31. The third kappa shape index (κ3) is 3.67. The summed E-state index contributed by atoms with van der Waals surface area (Å²) in [4.78, 5) is 16.2. The highest BCUT2D eigenvalue weighted by Crippen LogP contribution is 2.19. The second-order valence-corrected chi connectivity index (χ2v) is 5.66. The molecule has 0 fully saturated rings. The van der Waals surface area contributed by atoms with Crippen LogP contribution in [0.2, 0.25) is 0 Å². The van der Waals surface area contributed by atoms with Gasteiger partial charge in [-0.15, -0.1) is 0 Å². The highest BCUT2D eigenvalue weighted by atomic mass is 79.9. The first-order chi connectivity index (χ1) is 9.60. The topological polar surface area (TPSA) is 42.0 Å². The molecule has 4 heteroatoms. The van der Waals surface area contributed by atoms with Crippen molar-refractivity contribution >= 4 is 27.7 Å². The maximum absolute atomic E-state index is 12.1. The second-order valence-electron chi connectivity index (χ2n) is 4.75. The van der Waals surface area contributed by atoms with Gasteiger partial charge in [-0.25, -0.2) is 4.98 Å². The van der Waals surface area contributed by atoms with Crippen LogP contribution in [0.3, 0.4) is 0 Å². The van der Waals surface area contributed by atoms with Crippen molar-refractivity contribution < 1.29 is 4.79 Å². The minimum Gasteiger partial charge on any atom is -0.307 e. The molecule has 1 heterocycles. The third-order valence-electron chi connectivity index (χ3n) is 3.32. The Morgan fingerprint density at radius 2 is 1.95 bits per heavy atom. The van der Waals surface area contributed by atoms with E-state index in [2.05, 4.69) is 40.1 Å². The van der Waals surface area contributed by atoms with E-state index >= 15 is 0 Å². The lowest BCUT2D eigenvalue weighted by Crippen LogP contribution is -2.12. The van der Waals surface area contributed by atoms with Crippen molar-refractivity contribution in [2.24, 2.45) is 0 Å². The van der Waals surface area contributed by atoms with Crippen LogP contribution < -0.4 is 5.32 Å². The molecular formula is C16H17BrN2O. The summed E-state index contributed by atoms with van der Waals surface area (Å²) in [5.41, 5.74) is 1.90. The molecule has 0 aliphatic rings. The van der Waals surface area contributed by atoms with E-state index in [0.717, 1.165) is 10.9 Å². The maximum atomic E-state index is 12.1. The van der Waals surface area contributed by atoms with Crippen LogP contribution in [0.1, 0.15) is 42.1 Å². The monoisotopic (exact) mass is 332 g/mol. The van der Waals surface area contributed by atoms with Crippen molar-refractivity contribution in [3.8, 4) is 0 Å². The van der Waals surface area contributed by atoms with E-state index < -0.39 is 0 Å². The van der Waals surface area contributed by atoms with Crippen LogP contribution in [0.4, 0.5) is 5.82 Å². The number of nitrogens with one attached hydrogen (secondary N) is 1. The van der Waals surface area contributed by atoms with Gasteiger partial charge >= 0.3 is 0 Å². The molecule has 0 saturated heterocycles. The SMILES string of the molecule is CCC(C)c1ccc(C(=O)Nc2ccc(Br)cn2)cc1. The summed E-state index contributed by atoms with van der Waals surface area (Å²) in [6.07, 6.45) is 2.75.